The molecule has 2 aromatic heterocycles. The Kier molecular flexibility index (Phi) is 5.45. The maximum atomic E-state index is 12.5. The molecule has 0 radical (unpaired) electrons. The lowest BCUT2D eigenvalue weighted by Crippen LogP contribution is -2.23. The number of anilines is 1. The van der Waals surface area contributed by atoms with Gasteiger partial charge in [0, 0.05) is 18.8 Å². The van der Waals surface area contributed by atoms with Crippen LogP contribution in [-0.4, -0.2) is 30.8 Å². The Balaban J connectivity index is 1.51. The molecular weight excluding hydrogens is 402 g/mol. The minimum absolute atomic E-state index is 0.0552. The molecule has 9 heteroatoms. The van der Waals surface area contributed by atoms with Gasteiger partial charge in [-0.2, -0.15) is 0 Å². The zero-order chi connectivity index (χ0) is 21.3. The van der Waals surface area contributed by atoms with Crippen LogP contribution in [0.4, 0.5) is 5.69 Å². The minimum atomic E-state index is -0.230. The molecule has 0 aliphatic rings. The number of H-pyrrole nitrogens is 1. The summed E-state index contributed by atoms with van der Waals surface area (Å²) >= 11 is 1.16. The van der Waals surface area contributed by atoms with Crippen LogP contribution in [0.1, 0.15) is 13.8 Å². The Morgan fingerprint density at radius 1 is 1.07 bits per heavy atom. The van der Waals surface area contributed by atoms with Gasteiger partial charge >= 0.3 is 5.69 Å². The summed E-state index contributed by atoms with van der Waals surface area (Å²) in [5.74, 6) is -0.133. The first kappa shape index (κ1) is 20.0. The van der Waals surface area contributed by atoms with E-state index in [0.717, 1.165) is 22.8 Å². The summed E-state index contributed by atoms with van der Waals surface area (Å²) in [7, 11) is 0. The molecule has 0 aliphatic heterocycles. The molecule has 0 saturated carbocycles. The zero-order valence-electron chi connectivity index (χ0n) is 16.6. The van der Waals surface area contributed by atoms with E-state index in [1.54, 1.807) is 33.4 Å². The molecule has 0 fully saturated rings. The van der Waals surface area contributed by atoms with Crippen LogP contribution >= 0.6 is 11.8 Å². The molecule has 154 valence electrons. The highest BCUT2D eigenvalue weighted by Crippen LogP contribution is 2.20. The number of amides is 1. The van der Waals surface area contributed by atoms with Crippen LogP contribution in [0.2, 0.25) is 0 Å². The minimum Gasteiger partial charge on any atom is -0.325 e. The predicted octanol–water partition coefficient (Wildman–Crippen LogP) is 2.81. The van der Waals surface area contributed by atoms with Crippen molar-refractivity contribution in [1.82, 2.24) is 19.1 Å². The van der Waals surface area contributed by atoms with Crippen molar-refractivity contribution in [2.75, 3.05) is 11.1 Å². The summed E-state index contributed by atoms with van der Waals surface area (Å²) < 4.78 is 3.40. The summed E-state index contributed by atoms with van der Waals surface area (Å²) in [5, 5.41) is 3.76. The summed E-state index contributed by atoms with van der Waals surface area (Å²) in [4.78, 5) is 44.1. The van der Waals surface area contributed by atoms with Crippen LogP contribution in [0.15, 0.2) is 57.2 Å². The van der Waals surface area contributed by atoms with Crippen molar-refractivity contribution < 1.29 is 4.79 Å². The van der Waals surface area contributed by atoms with Crippen LogP contribution < -0.4 is 16.6 Å². The number of hydrogen-bond acceptors (Lipinski definition) is 5. The molecule has 1 amide bonds. The lowest BCUT2D eigenvalue weighted by atomic mass is 10.2. The Morgan fingerprint density at radius 3 is 2.57 bits per heavy atom. The molecule has 2 aromatic carbocycles. The predicted molar refractivity (Wildman–Crippen MR) is 119 cm³/mol. The van der Waals surface area contributed by atoms with Gasteiger partial charge in [0.25, 0.3) is 5.56 Å². The standard InChI is InChI=1S/C21H21N5O3S/c1-3-25-16-10-9-13(11-17(16)26(4-2)21(25)29)22-18(27)12-30-20-23-15-8-6-5-7-14(15)19(28)24-20/h5-11H,3-4,12H2,1-2H3,(H,22,27)(H,23,24,28). The Morgan fingerprint density at radius 2 is 1.80 bits per heavy atom. The first-order valence-corrected chi connectivity index (χ1v) is 10.6. The first-order valence-electron chi connectivity index (χ1n) is 9.66. The van der Waals surface area contributed by atoms with E-state index in [9.17, 15) is 14.4 Å². The van der Waals surface area contributed by atoms with Crippen LogP contribution in [0.5, 0.6) is 0 Å². The quantitative estimate of drug-likeness (QED) is 0.367. The fourth-order valence-electron chi connectivity index (χ4n) is 3.47. The van der Waals surface area contributed by atoms with Gasteiger partial charge in [0.15, 0.2) is 5.16 Å². The molecule has 0 aliphatic carbocycles. The monoisotopic (exact) mass is 423 g/mol. The highest BCUT2D eigenvalue weighted by Gasteiger charge is 2.13. The number of nitrogens with zero attached hydrogens (tertiary/aromatic N) is 3. The lowest BCUT2D eigenvalue weighted by Gasteiger charge is -2.07. The van der Waals surface area contributed by atoms with E-state index < -0.39 is 0 Å². The SMILES string of the molecule is CCn1c(=O)n(CC)c2cc(NC(=O)CSc3nc4ccccc4c(=O)[nH]3)ccc21. The van der Waals surface area contributed by atoms with Gasteiger partial charge in [-0.05, 0) is 44.2 Å². The molecule has 0 spiro atoms. The maximum Gasteiger partial charge on any atom is 0.329 e. The first-order chi connectivity index (χ1) is 14.5. The van der Waals surface area contributed by atoms with Crippen LogP contribution in [0.25, 0.3) is 21.9 Å². The van der Waals surface area contributed by atoms with Crippen molar-refractivity contribution in [3.63, 3.8) is 0 Å². The number of imidazole rings is 1. The average molecular weight is 423 g/mol. The number of para-hydroxylation sites is 1. The third kappa shape index (κ3) is 3.63. The van der Waals surface area contributed by atoms with Crippen molar-refractivity contribution in [2.24, 2.45) is 0 Å². The summed E-state index contributed by atoms with van der Waals surface area (Å²) in [6.07, 6.45) is 0. The van der Waals surface area contributed by atoms with Crippen LogP contribution in [-0.2, 0) is 17.9 Å². The Bertz CT molecular complexity index is 1370. The Hall–Kier alpha value is -3.33. The molecule has 2 N–H and O–H groups in total. The van der Waals surface area contributed by atoms with E-state index in [4.69, 9.17) is 0 Å². The van der Waals surface area contributed by atoms with Gasteiger partial charge in [0.1, 0.15) is 0 Å². The summed E-state index contributed by atoms with van der Waals surface area (Å²) in [6.45, 7) is 4.98. The molecule has 0 atom stereocenters. The van der Waals surface area contributed by atoms with Gasteiger partial charge in [-0.15, -0.1) is 0 Å². The molecule has 8 nitrogen and oxygen atoms in total. The zero-order valence-corrected chi connectivity index (χ0v) is 17.5. The number of aromatic nitrogens is 4. The van der Waals surface area contributed by atoms with Gasteiger partial charge in [-0.3, -0.25) is 18.7 Å². The number of thioether (sulfide) groups is 1. The number of nitrogens with one attached hydrogen (secondary N) is 2. The fourth-order valence-corrected chi connectivity index (χ4v) is 4.14. The average Bonchev–Trinajstić information content (AvgIpc) is 3.02. The van der Waals surface area contributed by atoms with Crippen molar-refractivity contribution in [1.29, 1.82) is 0 Å². The lowest BCUT2D eigenvalue weighted by molar-refractivity contribution is -0.113. The van der Waals surface area contributed by atoms with E-state index in [2.05, 4.69) is 15.3 Å². The highest BCUT2D eigenvalue weighted by atomic mass is 32.2. The Labute approximate surface area is 175 Å². The molecule has 0 saturated heterocycles. The molecule has 30 heavy (non-hydrogen) atoms. The van der Waals surface area contributed by atoms with Gasteiger partial charge in [0.05, 0.1) is 27.7 Å². The van der Waals surface area contributed by atoms with E-state index in [1.807, 2.05) is 32.0 Å². The fraction of sp³-hybridized carbons (Fsp3) is 0.238. The molecule has 0 unspecified atom stereocenters. The van der Waals surface area contributed by atoms with E-state index in [1.165, 1.54) is 0 Å². The van der Waals surface area contributed by atoms with Crippen molar-refractivity contribution in [2.45, 2.75) is 32.1 Å². The number of fused-ring (bicyclic) bond motifs is 2. The number of carbonyl (C=O) groups is 1. The second kappa shape index (κ2) is 8.19. The highest BCUT2D eigenvalue weighted by molar-refractivity contribution is 7.99. The molecule has 4 aromatic rings. The second-order valence-electron chi connectivity index (χ2n) is 6.70. The number of benzene rings is 2. The van der Waals surface area contributed by atoms with E-state index >= 15 is 0 Å². The normalized spacial score (nSPS) is 11.3. The molecule has 4 rings (SSSR count). The third-order valence-electron chi connectivity index (χ3n) is 4.87. The number of rotatable bonds is 6. The van der Waals surface area contributed by atoms with Crippen LogP contribution in [0, 0.1) is 0 Å². The smallest absolute Gasteiger partial charge is 0.325 e. The van der Waals surface area contributed by atoms with Crippen molar-refractivity contribution in [3.8, 4) is 0 Å². The largest absolute Gasteiger partial charge is 0.329 e. The van der Waals surface area contributed by atoms with Crippen molar-refractivity contribution in [3.05, 3.63) is 63.3 Å². The van der Waals surface area contributed by atoms with Gasteiger partial charge in [-0.25, -0.2) is 9.78 Å². The van der Waals surface area contributed by atoms with Gasteiger partial charge in [0.2, 0.25) is 5.91 Å². The topological polar surface area (TPSA) is 102 Å². The van der Waals surface area contributed by atoms with Gasteiger partial charge in [-0.1, -0.05) is 23.9 Å². The number of aryl methyl sites for hydroxylation is 2. The summed E-state index contributed by atoms with van der Waals surface area (Å²) in [5.41, 5.74) is 2.55. The van der Waals surface area contributed by atoms with E-state index in [-0.39, 0.29) is 22.9 Å². The third-order valence-corrected chi connectivity index (χ3v) is 5.74. The van der Waals surface area contributed by atoms with Crippen molar-refractivity contribution >= 4 is 45.3 Å². The van der Waals surface area contributed by atoms with E-state index in [0.29, 0.717) is 34.8 Å². The number of aromatic amines is 1. The molecule has 0 bridgehead atoms. The molecule has 2 heterocycles. The van der Waals surface area contributed by atoms with Gasteiger partial charge < -0.3 is 10.3 Å². The summed E-state index contributed by atoms with van der Waals surface area (Å²) in [6, 6.07) is 12.5. The second-order valence-corrected chi connectivity index (χ2v) is 7.66. The number of carbonyl (C=O) groups excluding carboxylic acids is 1. The van der Waals surface area contributed by atoms with Crippen LogP contribution in [0.3, 0.4) is 0 Å². The maximum absolute atomic E-state index is 12.5. The number of hydrogen-bond donors (Lipinski definition) is 2. The molecular formula is C21H21N5O3S.